The van der Waals surface area contributed by atoms with Gasteiger partial charge in [-0.15, -0.1) is 0 Å². The van der Waals surface area contributed by atoms with Gasteiger partial charge in [-0.05, 0) is 18.2 Å². The van der Waals surface area contributed by atoms with Crippen LogP contribution >= 0.6 is 11.6 Å². The van der Waals surface area contributed by atoms with E-state index < -0.39 is 43.6 Å². The van der Waals surface area contributed by atoms with Crippen molar-refractivity contribution in [3.05, 3.63) is 55.8 Å². The second kappa shape index (κ2) is 6.23. The Labute approximate surface area is 144 Å². The number of hydrogen-bond acceptors (Lipinski definition) is 4. The Morgan fingerprint density at radius 2 is 1.76 bits per heavy atom. The Morgan fingerprint density at radius 3 is 2.32 bits per heavy atom. The van der Waals surface area contributed by atoms with Gasteiger partial charge in [-0.3, -0.25) is 14.1 Å². The predicted octanol–water partition coefficient (Wildman–Crippen LogP) is 1.56. The highest BCUT2D eigenvalue weighted by molar-refractivity contribution is 7.92. The van der Waals surface area contributed by atoms with E-state index in [1.807, 2.05) is 4.72 Å². The Morgan fingerprint density at radius 1 is 1.16 bits per heavy atom. The lowest BCUT2D eigenvalue weighted by Crippen LogP contribution is -2.40. The third-order valence-electron chi connectivity index (χ3n) is 3.24. The van der Waals surface area contributed by atoms with Crippen molar-refractivity contribution in [1.82, 2.24) is 9.13 Å². The van der Waals surface area contributed by atoms with Crippen LogP contribution in [0.3, 0.4) is 0 Å². The van der Waals surface area contributed by atoms with Gasteiger partial charge in [0.25, 0.3) is 15.6 Å². The third-order valence-corrected chi connectivity index (χ3v) is 4.92. The van der Waals surface area contributed by atoms with E-state index in [1.54, 1.807) is 0 Å². The average Bonchev–Trinajstić information content (AvgIpc) is 2.49. The summed E-state index contributed by atoms with van der Waals surface area (Å²) in [5, 5.41) is -0.293. The predicted molar refractivity (Wildman–Crippen MR) is 84.2 cm³/mol. The molecule has 0 amide bonds. The summed E-state index contributed by atoms with van der Waals surface area (Å²) >= 11 is 5.73. The fourth-order valence-corrected chi connectivity index (χ4v) is 3.39. The Kier molecular flexibility index (Phi) is 4.75. The van der Waals surface area contributed by atoms with Crippen LogP contribution in [0.4, 0.5) is 18.9 Å². The first-order chi connectivity index (χ1) is 11.3. The molecule has 12 heteroatoms. The van der Waals surface area contributed by atoms with Crippen LogP contribution in [0.1, 0.15) is 5.56 Å². The van der Waals surface area contributed by atoms with Crippen molar-refractivity contribution in [1.29, 1.82) is 0 Å². The summed E-state index contributed by atoms with van der Waals surface area (Å²) in [5.41, 5.74) is -3.56. The van der Waals surface area contributed by atoms with E-state index in [4.69, 9.17) is 11.6 Å². The molecule has 1 aromatic heterocycles. The molecule has 0 bridgehead atoms. The van der Waals surface area contributed by atoms with Gasteiger partial charge in [0.15, 0.2) is 4.90 Å². The number of benzene rings is 1. The number of sulfonamides is 1. The maximum absolute atomic E-state index is 12.8. The molecule has 0 aliphatic carbocycles. The van der Waals surface area contributed by atoms with E-state index in [2.05, 4.69) is 0 Å². The van der Waals surface area contributed by atoms with Gasteiger partial charge in [0, 0.05) is 20.3 Å². The maximum Gasteiger partial charge on any atom is 0.416 e. The SMILES string of the molecule is Cn1cc(S(=O)(=O)Nc2cc(C(F)(F)F)ccc2Cl)c(=O)n(C)c1=O. The van der Waals surface area contributed by atoms with Gasteiger partial charge in [-0.2, -0.15) is 13.2 Å². The Balaban J connectivity index is 2.58. The second-order valence-corrected chi connectivity index (χ2v) is 7.11. The van der Waals surface area contributed by atoms with Gasteiger partial charge in [-0.1, -0.05) is 11.6 Å². The molecule has 7 nitrogen and oxygen atoms in total. The van der Waals surface area contributed by atoms with Crippen molar-refractivity contribution in [2.24, 2.45) is 14.1 Å². The van der Waals surface area contributed by atoms with Gasteiger partial charge in [-0.25, -0.2) is 13.2 Å². The standard InChI is InChI=1S/C13H11ClF3N3O4S/c1-19-6-10(11(21)20(2)12(19)22)25(23,24)18-9-5-7(13(15,16)17)3-4-8(9)14/h3-6,18H,1-2H3. The van der Waals surface area contributed by atoms with E-state index in [-0.39, 0.29) is 5.02 Å². The number of nitrogens with zero attached hydrogens (tertiary/aromatic N) is 2. The van der Waals surface area contributed by atoms with Crippen LogP contribution in [0.2, 0.25) is 5.02 Å². The fourth-order valence-electron chi connectivity index (χ4n) is 1.94. The highest BCUT2D eigenvalue weighted by atomic mass is 35.5. The number of rotatable bonds is 3. The number of anilines is 1. The third kappa shape index (κ3) is 3.71. The molecule has 1 N–H and O–H groups in total. The molecule has 25 heavy (non-hydrogen) atoms. The van der Waals surface area contributed by atoms with Crippen LogP contribution < -0.4 is 16.0 Å². The molecule has 0 fully saturated rings. The monoisotopic (exact) mass is 397 g/mol. The van der Waals surface area contributed by atoms with E-state index in [1.165, 1.54) is 7.05 Å². The lowest BCUT2D eigenvalue weighted by Gasteiger charge is -2.13. The first-order valence-corrected chi connectivity index (χ1v) is 8.37. The van der Waals surface area contributed by atoms with Crippen molar-refractivity contribution in [2.45, 2.75) is 11.1 Å². The van der Waals surface area contributed by atoms with Crippen molar-refractivity contribution >= 4 is 27.3 Å². The van der Waals surface area contributed by atoms with Crippen LogP contribution in [0, 0.1) is 0 Å². The number of halogens is 4. The summed E-state index contributed by atoms with van der Waals surface area (Å²) in [4.78, 5) is 22.8. The summed E-state index contributed by atoms with van der Waals surface area (Å²) < 4.78 is 66.3. The minimum absolute atomic E-state index is 0.293. The zero-order chi connectivity index (χ0) is 19.2. The molecule has 1 aromatic carbocycles. The quantitative estimate of drug-likeness (QED) is 0.851. The fraction of sp³-hybridized carbons (Fsp3) is 0.231. The lowest BCUT2D eigenvalue weighted by molar-refractivity contribution is -0.137. The van der Waals surface area contributed by atoms with Gasteiger partial charge < -0.3 is 4.57 Å². The molecule has 0 unspecified atom stereocenters. The van der Waals surface area contributed by atoms with Gasteiger partial charge in [0.05, 0.1) is 16.3 Å². The maximum atomic E-state index is 12.8. The van der Waals surface area contributed by atoms with Crippen molar-refractivity contribution in [3.8, 4) is 0 Å². The summed E-state index contributed by atoms with van der Waals surface area (Å²) in [6.07, 6.45) is -3.94. The molecular formula is C13H11ClF3N3O4S. The zero-order valence-electron chi connectivity index (χ0n) is 12.8. The molecule has 1 heterocycles. The molecule has 0 spiro atoms. The summed E-state index contributed by atoms with van der Waals surface area (Å²) in [6, 6.07) is 2.07. The summed E-state index contributed by atoms with van der Waals surface area (Å²) in [5.74, 6) is 0. The number of hydrogen-bond donors (Lipinski definition) is 1. The smallest absolute Gasteiger partial charge is 0.302 e. The van der Waals surface area contributed by atoms with Gasteiger partial charge >= 0.3 is 11.9 Å². The number of aryl methyl sites for hydroxylation is 1. The molecule has 0 aliphatic rings. The number of alkyl halides is 3. The molecule has 0 radical (unpaired) electrons. The zero-order valence-corrected chi connectivity index (χ0v) is 14.3. The first-order valence-electron chi connectivity index (χ1n) is 6.51. The number of aromatic nitrogens is 2. The van der Waals surface area contributed by atoms with E-state index >= 15 is 0 Å². The van der Waals surface area contributed by atoms with Crippen molar-refractivity contribution < 1.29 is 21.6 Å². The van der Waals surface area contributed by atoms with Crippen LogP contribution in [0.5, 0.6) is 0 Å². The average molecular weight is 398 g/mol. The van der Waals surface area contributed by atoms with Gasteiger partial charge in [0.1, 0.15) is 0 Å². The summed E-state index contributed by atoms with van der Waals surface area (Å²) in [6.45, 7) is 0. The van der Waals surface area contributed by atoms with Crippen LogP contribution in [-0.2, 0) is 30.3 Å². The summed E-state index contributed by atoms with van der Waals surface area (Å²) in [7, 11) is -2.29. The Hall–Kier alpha value is -2.27. The highest BCUT2D eigenvalue weighted by Crippen LogP contribution is 2.34. The van der Waals surface area contributed by atoms with Crippen LogP contribution in [-0.4, -0.2) is 17.6 Å². The first kappa shape index (κ1) is 19.1. The minimum Gasteiger partial charge on any atom is -0.302 e. The molecule has 2 rings (SSSR count). The van der Waals surface area contributed by atoms with E-state index in [9.17, 15) is 31.2 Å². The molecule has 136 valence electrons. The molecular weight excluding hydrogens is 387 g/mol. The second-order valence-electron chi connectivity index (χ2n) is 5.05. The topological polar surface area (TPSA) is 90.2 Å². The molecule has 0 saturated heterocycles. The highest BCUT2D eigenvalue weighted by Gasteiger charge is 2.32. The molecule has 0 atom stereocenters. The van der Waals surface area contributed by atoms with Crippen molar-refractivity contribution in [2.75, 3.05) is 4.72 Å². The normalized spacial score (nSPS) is 12.2. The van der Waals surface area contributed by atoms with E-state index in [0.717, 1.165) is 23.9 Å². The minimum atomic E-state index is -4.71. The molecule has 0 aliphatic heterocycles. The molecule has 2 aromatic rings. The number of nitrogens with one attached hydrogen (secondary N) is 1. The van der Waals surface area contributed by atoms with Gasteiger partial charge in [0.2, 0.25) is 0 Å². The van der Waals surface area contributed by atoms with Crippen LogP contribution in [0.15, 0.2) is 38.9 Å². The van der Waals surface area contributed by atoms with E-state index in [0.29, 0.717) is 16.7 Å². The van der Waals surface area contributed by atoms with Crippen molar-refractivity contribution in [3.63, 3.8) is 0 Å². The molecule has 0 saturated carbocycles. The van der Waals surface area contributed by atoms with Crippen LogP contribution in [0.25, 0.3) is 0 Å². The lowest BCUT2D eigenvalue weighted by atomic mass is 10.2. The Bertz CT molecular complexity index is 1060. The largest absolute Gasteiger partial charge is 0.416 e.